The predicted molar refractivity (Wildman–Crippen MR) is 75.9 cm³/mol. The van der Waals surface area contributed by atoms with Gasteiger partial charge in [-0.15, -0.1) is 11.6 Å². The molecule has 0 radical (unpaired) electrons. The molecule has 0 amide bonds. The van der Waals surface area contributed by atoms with E-state index in [1.165, 1.54) is 25.7 Å². The van der Waals surface area contributed by atoms with Gasteiger partial charge in [0.1, 0.15) is 0 Å². The number of alkyl halides is 1. The highest BCUT2D eigenvalue weighted by atomic mass is 35.5. The van der Waals surface area contributed by atoms with Crippen LogP contribution >= 0.6 is 11.6 Å². The van der Waals surface area contributed by atoms with Gasteiger partial charge in [-0.1, -0.05) is 44.0 Å². The minimum atomic E-state index is 0.356. The largest absolute Gasteiger partial charge is 0.123 e. The van der Waals surface area contributed by atoms with Crippen molar-refractivity contribution >= 4 is 11.6 Å². The highest BCUT2D eigenvalue weighted by Crippen LogP contribution is 2.38. The molecule has 1 unspecified atom stereocenters. The van der Waals surface area contributed by atoms with Gasteiger partial charge in [0.05, 0.1) is 0 Å². The Kier molecular flexibility index (Phi) is 4.91. The molecule has 0 heterocycles. The van der Waals surface area contributed by atoms with E-state index in [0.29, 0.717) is 5.38 Å². The van der Waals surface area contributed by atoms with Crippen LogP contribution in [0.5, 0.6) is 0 Å². The van der Waals surface area contributed by atoms with E-state index in [9.17, 15) is 0 Å². The maximum absolute atomic E-state index is 6.31. The van der Waals surface area contributed by atoms with Crippen molar-refractivity contribution in [3.05, 3.63) is 35.4 Å². The molecule has 0 nitrogen and oxygen atoms in total. The van der Waals surface area contributed by atoms with Crippen LogP contribution in [0, 0.1) is 0 Å². The van der Waals surface area contributed by atoms with Crippen molar-refractivity contribution in [3.8, 4) is 0 Å². The van der Waals surface area contributed by atoms with Crippen LogP contribution in [-0.4, -0.2) is 5.38 Å². The van der Waals surface area contributed by atoms with Crippen LogP contribution in [0.4, 0.5) is 0 Å². The quantitative estimate of drug-likeness (QED) is 0.602. The lowest BCUT2D eigenvalue weighted by atomic mass is 9.77. The third-order valence-corrected chi connectivity index (χ3v) is 4.37. The average molecular weight is 251 g/mol. The van der Waals surface area contributed by atoms with Gasteiger partial charge in [0.2, 0.25) is 0 Å². The van der Waals surface area contributed by atoms with E-state index in [1.54, 1.807) is 11.1 Å². The summed E-state index contributed by atoms with van der Waals surface area (Å²) >= 11 is 6.31. The lowest BCUT2D eigenvalue weighted by molar-refractivity contribution is 0.417. The molecule has 0 aliphatic heterocycles. The maximum Gasteiger partial charge on any atom is 0.0339 e. The summed E-state index contributed by atoms with van der Waals surface area (Å²) in [4.78, 5) is 0. The first-order valence-corrected chi connectivity index (χ1v) is 7.46. The van der Waals surface area contributed by atoms with Crippen molar-refractivity contribution in [1.29, 1.82) is 0 Å². The minimum Gasteiger partial charge on any atom is -0.123 e. The SMILES string of the molecule is CCCC(Cl)CCc1ccccc1C1CCC1. The molecule has 0 aromatic heterocycles. The fourth-order valence-corrected chi connectivity index (χ4v) is 2.98. The Bertz CT molecular complexity index is 341. The zero-order chi connectivity index (χ0) is 12.1. The summed E-state index contributed by atoms with van der Waals surface area (Å²) in [6.45, 7) is 2.21. The van der Waals surface area contributed by atoms with E-state index in [4.69, 9.17) is 11.6 Å². The molecular formula is C16H23Cl. The number of halogens is 1. The van der Waals surface area contributed by atoms with Crippen LogP contribution in [0.3, 0.4) is 0 Å². The molecule has 1 aromatic carbocycles. The second-order valence-corrected chi connectivity index (χ2v) is 5.87. The summed E-state index contributed by atoms with van der Waals surface area (Å²) in [5.41, 5.74) is 3.14. The number of hydrogen-bond acceptors (Lipinski definition) is 0. The van der Waals surface area contributed by atoms with Crippen LogP contribution < -0.4 is 0 Å². The zero-order valence-corrected chi connectivity index (χ0v) is 11.5. The molecule has 1 saturated carbocycles. The zero-order valence-electron chi connectivity index (χ0n) is 10.8. The van der Waals surface area contributed by atoms with Crippen LogP contribution in [0.1, 0.15) is 62.5 Å². The molecule has 2 rings (SSSR count). The minimum absolute atomic E-state index is 0.356. The molecule has 1 aliphatic carbocycles. The van der Waals surface area contributed by atoms with Crippen LogP contribution in [-0.2, 0) is 6.42 Å². The summed E-state index contributed by atoms with van der Waals surface area (Å²) in [5.74, 6) is 0.839. The Balaban J connectivity index is 1.95. The van der Waals surface area contributed by atoms with Crippen molar-refractivity contribution in [2.45, 2.75) is 63.2 Å². The Morgan fingerprint density at radius 3 is 2.65 bits per heavy atom. The van der Waals surface area contributed by atoms with Gasteiger partial charge in [-0.3, -0.25) is 0 Å². The van der Waals surface area contributed by atoms with Crippen molar-refractivity contribution < 1.29 is 0 Å². The number of aryl methyl sites for hydroxylation is 1. The Morgan fingerprint density at radius 1 is 1.24 bits per heavy atom. The van der Waals surface area contributed by atoms with Gasteiger partial charge in [0.15, 0.2) is 0 Å². The van der Waals surface area contributed by atoms with E-state index in [2.05, 4.69) is 31.2 Å². The third-order valence-electron chi connectivity index (χ3n) is 3.93. The first kappa shape index (κ1) is 13.0. The molecule has 1 atom stereocenters. The van der Waals surface area contributed by atoms with E-state index in [0.717, 1.165) is 25.2 Å². The van der Waals surface area contributed by atoms with Gasteiger partial charge in [-0.05, 0) is 49.1 Å². The molecule has 94 valence electrons. The monoisotopic (exact) mass is 250 g/mol. The van der Waals surface area contributed by atoms with Gasteiger partial charge < -0.3 is 0 Å². The first-order valence-electron chi connectivity index (χ1n) is 7.03. The summed E-state index contributed by atoms with van der Waals surface area (Å²) in [6, 6.07) is 8.97. The van der Waals surface area contributed by atoms with E-state index >= 15 is 0 Å². The summed E-state index contributed by atoms with van der Waals surface area (Å²) in [6.07, 6.45) is 8.80. The molecule has 17 heavy (non-hydrogen) atoms. The number of hydrogen-bond donors (Lipinski definition) is 0. The molecule has 0 bridgehead atoms. The predicted octanol–water partition coefficient (Wildman–Crippen LogP) is 5.29. The van der Waals surface area contributed by atoms with Crippen molar-refractivity contribution in [1.82, 2.24) is 0 Å². The molecule has 1 fully saturated rings. The number of rotatable bonds is 6. The van der Waals surface area contributed by atoms with Crippen molar-refractivity contribution in [2.24, 2.45) is 0 Å². The van der Waals surface area contributed by atoms with E-state index < -0.39 is 0 Å². The van der Waals surface area contributed by atoms with Gasteiger partial charge in [0, 0.05) is 5.38 Å². The fourth-order valence-electron chi connectivity index (χ4n) is 2.65. The first-order chi connectivity index (χ1) is 8.31. The highest BCUT2D eigenvalue weighted by Gasteiger charge is 2.21. The summed E-state index contributed by atoms with van der Waals surface area (Å²) in [5, 5.41) is 0.356. The molecule has 1 aliphatic rings. The summed E-state index contributed by atoms with van der Waals surface area (Å²) < 4.78 is 0. The average Bonchev–Trinajstić information content (AvgIpc) is 2.26. The Morgan fingerprint density at radius 2 is 2.00 bits per heavy atom. The highest BCUT2D eigenvalue weighted by molar-refractivity contribution is 6.20. The van der Waals surface area contributed by atoms with E-state index in [1.807, 2.05) is 0 Å². The van der Waals surface area contributed by atoms with Gasteiger partial charge in [0.25, 0.3) is 0 Å². The molecular weight excluding hydrogens is 228 g/mol. The fraction of sp³-hybridized carbons (Fsp3) is 0.625. The smallest absolute Gasteiger partial charge is 0.0339 e. The van der Waals surface area contributed by atoms with Crippen LogP contribution in [0.25, 0.3) is 0 Å². The second kappa shape index (κ2) is 6.44. The topological polar surface area (TPSA) is 0 Å². The Labute approximate surface area is 110 Å². The standard InChI is InChI=1S/C16H23Cl/c1-2-6-15(17)12-11-14-7-3-4-10-16(14)13-8-5-9-13/h3-4,7,10,13,15H,2,5-6,8-9,11-12H2,1H3. The van der Waals surface area contributed by atoms with Crippen LogP contribution in [0.2, 0.25) is 0 Å². The maximum atomic E-state index is 6.31. The van der Waals surface area contributed by atoms with Gasteiger partial charge >= 0.3 is 0 Å². The normalized spacial score (nSPS) is 17.8. The molecule has 0 spiro atoms. The molecule has 0 saturated heterocycles. The Hall–Kier alpha value is -0.490. The molecule has 1 heteroatoms. The second-order valence-electron chi connectivity index (χ2n) is 5.25. The number of benzene rings is 1. The van der Waals surface area contributed by atoms with Crippen molar-refractivity contribution in [3.63, 3.8) is 0 Å². The van der Waals surface area contributed by atoms with Gasteiger partial charge in [-0.2, -0.15) is 0 Å². The van der Waals surface area contributed by atoms with Crippen LogP contribution in [0.15, 0.2) is 24.3 Å². The van der Waals surface area contributed by atoms with E-state index in [-0.39, 0.29) is 0 Å². The lowest BCUT2D eigenvalue weighted by Gasteiger charge is -2.28. The molecule has 1 aromatic rings. The van der Waals surface area contributed by atoms with Gasteiger partial charge in [-0.25, -0.2) is 0 Å². The third kappa shape index (κ3) is 3.48. The lowest BCUT2D eigenvalue weighted by Crippen LogP contribution is -2.12. The molecule has 0 N–H and O–H groups in total. The van der Waals surface area contributed by atoms with Crippen molar-refractivity contribution in [2.75, 3.05) is 0 Å². The summed E-state index contributed by atoms with van der Waals surface area (Å²) in [7, 11) is 0.